The van der Waals surface area contributed by atoms with E-state index in [1.165, 1.54) is 0 Å². The van der Waals surface area contributed by atoms with Gasteiger partial charge in [-0.25, -0.2) is 16.8 Å². The summed E-state index contributed by atoms with van der Waals surface area (Å²) in [5.74, 6) is 2.09. The number of rotatable bonds is 10. The minimum atomic E-state index is -3.31. The predicted molar refractivity (Wildman–Crippen MR) is 146 cm³/mol. The van der Waals surface area contributed by atoms with Crippen LogP contribution in [-0.2, 0) is 19.7 Å². The Bertz CT molecular complexity index is 1130. The van der Waals surface area contributed by atoms with Crippen LogP contribution in [0.4, 0.5) is 0 Å². The van der Waals surface area contributed by atoms with E-state index in [4.69, 9.17) is 0 Å². The van der Waals surface area contributed by atoms with Crippen LogP contribution < -0.4 is 0 Å². The molecule has 12 atom stereocenters. The quantitative estimate of drug-likeness (QED) is 0.353. The molecule has 6 rings (SSSR count). The van der Waals surface area contributed by atoms with Crippen molar-refractivity contribution in [3.05, 3.63) is 61.8 Å². The van der Waals surface area contributed by atoms with E-state index in [1.54, 1.807) is 0 Å². The van der Waals surface area contributed by atoms with Crippen LogP contribution in [0, 0.1) is 47.3 Å². The maximum absolute atomic E-state index is 13.8. The largest absolute Gasteiger partial charge is 0.228 e. The Morgan fingerprint density at radius 2 is 0.972 bits per heavy atom. The predicted octanol–water partition coefficient (Wildman–Crippen LogP) is 5.46. The van der Waals surface area contributed by atoms with E-state index in [0.29, 0.717) is 62.2 Å². The molecule has 4 nitrogen and oxygen atoms in total. The summed E-state index contributed by atoms with van der Waals surface area (Å²) < 4.78 is 55.4. The van der Waals surface area contributed by atoms with Crippen molar-refractivity contribution in [3.8, 4) is 0 Å². The highest BCUT2D eigenvalue weighted by Crippen LogP contribution is 2.61. The fourth-order valence-corrected chi connectivity index (χ4v) is 15.7. The summed E-state index contributed by atoms with van der Waals surface area (Å²) in [6.07, 6.45) is 18.3. The summed E-state index contributed by atoms with van der Waals surface area (Å²) in [5.41, 5.74) is 0.821. The van der Waals surface area contributed by atoms with Crippen molar-refractivity contribution in [1.82, 2.24) is 0 Å². The van der Waals surface area contributed by atoms with Gasteiger partial charge in [-0.1, -0.05) is 48.6 Å². The van der Waals surface area contributed by atoms with Crippen LogP contribution in [0.5, 0.6) is 0 Å². The molecule has 4 aliphatic carbocycles. The second kappa shape index (κ2) is 8.83. The maximum Gasteiger partial charge on any atom is 0.156 e. The van der Waals surface area contributed by atoms with E-state index >= 15 is 0 Å². The van der Waals surface area contributed by atoms with Gasteiger partial charge < -0.3 is 0 Å². The zero-order valence-corrected chi connectivity index (χ0v) is 22.8. The van der Waals surface area contributed by atoms with Gasteiger partial charge in [-0.3, -0.25) is 0 Å². The van der Waals surface area contributed by atoms with Crippen molar-refractivity contribution < 1.29 is 16.8 Å². The molecule has 6 aliphatic rings. The van der Waals surface area contributed by atoms with Crippen LogP contribution in [0.2, 0.25) is 0 Å². The second-order valence-electron chi connectivity index (χ2n) is 12.4. The first-order valence-electron chi connectivity index (χ1n) is 13.9. The number of sulfone groups is 2. The Labute approximate surface area is 217 Å². The van der Waals surface area contributed by atoms with Crippen LogP contribution in [0.25, 0.3) is 0 Å². The van der Waals surface area contributed by atoms with Gasteiger partial charge in [0, 0.05) is 0 Å². The third kappa shape index (κ3) is 3.49. The van der Waals surface area contributed by atoms with Crippen molar-refractivity contribution in [2.75, 3.05) is 0 Å². The van der Waals surface area contributed by atoms with E-state index in [9.17, 15) is 16.8 Å². The van der Waals surface area contributed by atoms with E-state index < -0.39 is 30.2 Å². The smallest absolute Gasteiger partial charge is 0.156 e. The first-order chi connectivity index (χ1) is 17.2. The van der Waals surface area contributed by atoms with E-state index in [0.717, 1.165) is 18.4 Å². The molecule has 0 spiro atoms. The normalized spacial score (nSPS) is 47.8. The third-order valence-corrected chi connectivity index (χ3v) is 16.3. The minimum Gasteiger partial charge on any atom is -0.228 e. The monoisotopic (exact) mass is 528 g/mol. The molecule has 36 heavy (non-hydrogen) atoms. The summed E-state index contributed by atoms with van der Waals surface area (Å²) in [6.45, 7) is 12.0. The van der Waals surface area contributed by atoms with Gasteiger partial charge in [-0.15, -0.1) is 13.2 Å². The van der Waals surface area contributed by atoms with Crippen molar-refractivity contribution in [2.45, 2.75) is 72.4 Å². The molecule has 0 aromatic heterocycles. The lowest BCUT2D eigenvalue weighted by Gasteiger charge is -2.27. The standard InChI is InChI=1S/C30H40O4S2/c1-4-6-8-23-27-19-10-12-21(16-19)29(27)25(35(23,31)32)14-18(3)15-26-30-22-13-11-20(17-22)28(30)24(9-7-5-2)36(26,33)34/h4-5,10-13,19-30H,1-3,6-9,14-17H2/t19?,20?,21?,22?,23-,24-,25+,26+,27-,28-,29+,30+/m0/s1. The van der Waals surface area contributed by atoms with Crippen LogP contribution >= 0.6 is 0 Å². The molecule has 6 heteroatoms. The Balaban J connectivity index is 1.25. The zero-order valence-electron chi connectivity index (χ0n) is 21.1. The lowest BCUT2D eigenvalue weighted by atomic mass is 9.75. The third-order valence-electron chi connectivity index (χ3n) is 10.9. The molecule has 2 aliphatic heterocycles. The molecule has 0 aromatic carbocycles. The van der Waals surface area contributed by atoms with Gasteiger partial charge in [0.15, 0.2) is 19.7 Å². The van der Waals surface area contributed by atoms with Gasteiger partial charge in [-0.2, -0.15) is 0 Å². The molecule has 4 fully saturated rings. The van der Waals surface area contributed by atoms with Gasteiger partial charge in [0.2, 0.25) is 0 Å². The fraction of sp³-hybridized carbons (Fsp3) is 0.667. The molecule has 196 valence electrons. The molecule has 0 N–H and O–H groups in total. The number of hydrogen-bond donors (Lipinski definition) is 0. The molecule has 4 unspecified atom stereocenters. The Hall–Kier alpha value is -1.40. The molecule has 2 saturated carbocycles. The van der Waals surface area contributed by atoms with Crippen LogP contribution in [-0.4, -0.2) is 37.8 Å². The average Bonchev–Trinajstić information content (AvgIpc) is 3.65. The van der Waals surface area contributed by atoms with Crippen LogP contribution in [0.15, 0.2) is 61.8 Å². The van der Waals surface area contributed by atoms with Crippen molar-refractivity contribution in [3.63, 3.8) is 0 Å². The first kappa shape index (κ1) is 24.9. The van der Waals surface area contributed by atoms with Gasteiger partial charge >= 0.3 is 0 Å². The average molecular weight is 529 g/mol. The van der Waals surface area contributed by atoms with Gasteiger partial charge in [0.05, 0.1) is 21.0 Å². The highest BCUT2D eigenvalue weighted by molar-refractivity contribution is 7.93. The summed E-state index contributed by atoms with van der Waals surface area (Å²) in [7, 11) is -6.62. The molecule has 0 aromatic rings. The number of fused-ring (bicyclic) bond motifs is 10. The summed E-state index contributed by atoms with van der Waals surface area (Å²) in [6, 6.07) is 0. The molecule has 0 radical (unpaired) electrons. The van der Waals surface area contributed by atoms with Crippen molar-refractivity contribution in [2.24, 2.45) is 47.3 Å². The maximum atomic E-state index is 13.8. The fourth-order valence-electron chi connectivity index (χ4n) is 9.65. The minimum absolute atomic E-state index is 0.148. The van der Waals surface area contributed by atoms with Crippen molar-refractivity contribution >= 4 is 19.7 Å². The van der Waals surface area contributed by atoms with Crippen molar-refractivity contribution in [1.29, 1.82) is 0 Å². The summed E-state index contributed by atoms with van der Waals surface area (Å²) >= 11 is 0. The molecular weight excluding hydrogens is 488 g/mol. The second-order valence-corrected chi connectivity index (χ2v) is 17.2. The van der Waals surface area contributed by atoms with Crippen LogP contribution in [0.3, 0.4) is 0 Å². The number of allylic oxidation sites excluding steroid dienone is 7. The van der Waals surface area contributed by atoms with E-state index in [-0.39, 0.29) is 34.2 Å². The molecular formula is C30H40O4S2. The van der Waals surface area contributed by atoms with Gasteiger partial charge in [0.1, 0.15) is 0 Å². The highest BCUT2D eigenvalue weighted by atomic mass is 32.2. The topological polar surface area (TPSA) is 68.3 Å². The first-order valence-corrected chi connectivity index (χ1v) is 17.1. The van der Waals surface area contributed by atoms with E-state index in [2.05, 4.69) is 44.0 Å². The van der Waals surface area contributed by atoms with Gasteiger partial charge in [-0.05, 0) is 98.7 Å². The molecule has 2 saturated heterocycles. The SMILES string of the molecule is C=CCC[C@H]1[C@@H]2C3C=CC(C3)[C@@H]2[C@@H](CC(=C)C[C@@H]2[C@H]3C4C=CC(C4)[C@H]3[C@H](CCC=C)S2(=O)=O)S1(=O)=O. The van der Waals surface area contributed by atoms with E-state index in [1.807, 2.05) is 12.2 Å². The van der Waals surface area contributed by atoms with Gasteiger partial charge in [0.25, 0.3) is 0 Å². The molecule has 2 heterocycles. The highest BCUT2D eigenvalue weighted by Gasteiger charge is 2.64. The molecule has 0 amide bonds. The Kier molecular flexibility index (Phi) is 6.11. The summed E-state index contributed by atoms with van der Waals surface area (Å²) in [4.78, 5) is 0. The van der Waals surface area contributed by atoms with Crippen LogP contribution in [0.1, 0.15) is 51.4 Å². The lowest BCUT2D eigenvalue weighted by molar-refractivity contribution is 0.303. The summed E-state index contributed by atoms with van der Waals surface area (Å²) in [5, 5.41) is -1.48. The Morgan fingerprint density at radius 3 is 1.31 bits per heavy atom. The zero-order chi connectivity index (χ0) is 25.4. The number of hydrogen-bond acceptors (Lipinski definition) is 4. The molecule has 4 bridgehead atoms. The Morgan fingerprint density at radius 1 is 0.639 bits per heavy atom. The lowest BCUT2D eigenvalue weighted by Crippen LogP contribution is -2.31.